The van der Waals surface area contributed by atoms with E-state index in [9.17, 15) is 0 Å². The van der Waals surface area contributed by atoms with Crippen molar-refractivity contribution in [3.63, 3.8) is 0 Å². The largest absolute Gasteiger partial charge is 0.494 e. The quantitative estimate of drug-likeness (QED) is 0.0338. The van der Waals surface area contributed by atoms with Crippen LogP contribution in [0.25, 0.3) is 22.3 Å². The summed E-state index contributed by atoms with van der Waals surface area (Å²) in [5.74, 6) is 3.27. The molecule has 0 saturated heterocycles. The van der Waals surface area contributed by atoms with E-state index in [0.717, 1.165) is 278 Å². The van der Waals surface area contributed by atoms with E-state index in [-0.39, 0.29) is 0 Å². The van der Waals surface area contributed by atoms with Crippen LogP contribution in [-0.4, -0.2) is 92.1 Å². The zero-order valence-electron chi connectivity index (χ0n) is 63.4. The SMILES string of the molecule is CCCN1C=CC(=C2C=CN(CCCCOc3ccc(C4=C5C=CC(=N5)C(c5ccc(OCCCCCCCc6cnccn6)cc5)=C5C=CC(=N5)C(c5ccc(OCCCCCCCc6c[nH+]ccn6)cc5)=C5C=CC(=N5)C(c5ccc(OCCCCCCCc6c[nH+]ccn6)cc5)=C5C=CC4=N5)cc3)C=C2)C=C1. The van der Waals surface area contributed by atoms with Crippen LogP contribution in [0, 0.1) is 0 Å². The molecule has 7 aliphatic heterocycles. The summed E-state index contributed by atoms with van der Waals surface area (Å²) in [6.45, 7) is 6.66. The molecule has 16 nitrogen and oxygen atoms in total. The second-order valence-electron chi connectivity index (χ2n) is 28.5. The van der Waals surface area contributed by atoms with Crippen molar-refractivity contribution in [3.8, 4) is 23.0 Å². The summed E-state index contributed by atoms with van der Waals surface area (Å²) in [6, 6.07) is 33.7. The summed E-state index contributed by atoms with van der Waals surface area (Å²) < 4.78 is 25.7. The van der Waals surface area contributed by atoms with Crippen molar-refractivity contribution in [1.29, 1.82) is 0 Å². The van der Waals surface area contributed by atoms with E-state index in [2.05, 4.69) is 241 Å². The minimum absolute atomic E-state index is 0.598. The maximum Gasteiger partial charge on any atom is 0.188 e. The van der Waals surface area contributed by atoms with Crippen molar-refractivity contribution in [2.24, 2.45) is 20.0 Å². The van der Waals surface area contributed by atoms with Gasteiger partial charge in [0.15, 0.2) is 24.8 Å². The number of aromatic amines is 2. The van der Waals surface area contributed by atoms with Crippen LogP contribution in [0.1, 0.15) is 162 Å². The van der Waals surface area contributed by atoms with E-state index in [1.165, 1.54) is 11.1 Å². The predicted octanol–water partition coefficient (Wildman–Crippen LogP) is 19.2. The Morgan fingerprint density at radius 3 is 0.955 bits per heavy atom. The average Bonchev–Trinajstić information content (AvgIpc) is 1.61. The van der Waals surface area contributed by atoms with Gasteiger partial charge in [-0.2, -0.15) is 0 Å². The van der Waals surface area contributed by atoms with Gasteiger partial charge in [-0.3, -0.25) is 9.97 Å². The van der Waals surface area contributed by atoms with Gasteiger partial charge in [-0.1, -0.05) is 113 Å². The summed E-state index contributed by atoms with van der Waals surface area (Å²) >= 11 is 0. The molecule has 0 fully saturated rings. The van der Waals surface area contributed by atoms with Crippen LogP contribution in [0.5, 0.6) is 23.0 Å². The van der Waals surface area contributed by atoms with Crippen molar-refractivity contribution >= 4 is 45.1 Å². The number of hydrogen-bond donors (Lipinski definition) is 0. The monoisotopic (exact) mass is 1460 g/mol. The number of unbranched alkanes of at least 4 members (excludes halogenated alkanes) is 13. The number of fused-ring (bicyclic) bond motifs is 4. The normalized spacial score (nSPS) is 15.5. The molecule has 10 heterocycles. The lowest BCUT2D eigenvalue weighted by molar-refractivity contribution is -0.380. The number of H-pyrrole nitrogens is 2. The van der Waals surface area contributed by atoms with E-state index in [0.29, 0.717) is 26.4 Å². The summed E-state index contributed by atoms with van der Waals surface area (Å²) in [6.07, 6.45) is 73.6. The van der Waals surface area contributed by atoms with Crippen LogP contribution in [0.3, 0.4) is 0 Å². The molecule has 16 heteroatoms. The van der Waals surface area contributed by atoms with Gasteiger partial charge in [-0.15, -0.1) is 0 Å². The van der Waals surface area contributed by atoms with Crippen LogP contribution in [0.2, 0.25) is 0 Å². The molecule has 0 saturated carbocycles. The van der Waals surface area contributed by atoms with Crippen molar-refractivity contribution in [2.45, 2.75) is 142 Å². The zero-order valence-corrected chi connectivity index (χ0v) is 63.4. The first-order valence-corrected chi connectivity index (χ1v) is 39.8. The lowest BCUT2D eigenvalue weighted by Gasteiger charge is -2.21. The first-order chi connectivity index (χ1) is 54.5. The predicted molar refractivity (Wildman–Crippen MR) is 442 cm³/mol. The highest BCUT2D eigenvalue weighted by molar-refractivity contribution is 6.39. The van der Waals surface area contributed by atoms with Gasteiger partial charge in [0.25, 0.3) is 0 Å². The van der Waals surface area contributed by atoms with Crippen LogP contribution in [-0.2, 0) is 19.3 Å². The highest BCUT2D eigenvalue weighted by atomic mass is 16.5. The van der Waals surface area contributed by atoms with Gasteiger partial charge in [-0.25, -0.2) is 39.9 Å². The number of aryl methyl sites for hydroxylation is 3. The summed E-state index contributed by atoms with van der Waals surface area (Å²) in [4.78, 5) is 50.8. The molecule has 0 unspecified atom stereocenters. The number of aliphatic imine (C=N–C) groups is 4. The smallest absolute Gasteiger partial charge is 0.188 e. The van der Waals surface area contributed by atoms with E-state index in [4.69, 9.17) is 38.9 Å². The lowest BCUT2D eigenvalue weighted by atomic mass is 9.98. The fourth-order valence-electron chi connectivity index (χ4n) is 14.4. The van der Waals surface area contributed by atoms with Gasteiger partial charge in [0.1, 0.15) is 34.4 Å². The van der Waals surface area contributed by atoms with Gasteiger partial charge in [0, 0.05) is 78.8 Å². The third-order valence-corrected chi connectivity index (χ3v) is 20.3. The third kappa shape index (κ3) is 20.9. The number of allylic oxidation sites excluding steroid dienone is 18. The Kier molecular flexibility index (Phi) is 26.9. The fraction of sp³-hybridized carbons (Fsp3) is 0.298. The Labute approximate surface area is 648 Å². The first kappa shape index (κ1) is 75.0. The minimum atomic E-state index is 0.598. The molecule has 0 atom stereocenters. The number of ether oxygens (including phenoxy) is 4. The second-order valence-corrected chi connectivity index (χ2v) is 28.5. The average molecular weight is 1460 g/mol. The number of nitrogens with zero attached hydrogens (tertiary/aromatic N) is 10. The Morgan fingerprint density at radius 2 is 0.627 bits per heavy atom. The highest BCUT2D eigenvalue weighted by Crippen LogP contribution is 2.40. The van der Waals surface area contributed by atoms with Crippen LogP contribution < -0.4 is 28.9 Å². The zero-order chi connectivity index (χ0) is 74.6. The maximum atomic E-state index is 6.47. The van der Waals surface area contributed by atoms with Crippen molar-refractivity contribution < 1.29 is 28.9 Å². The molecule has 14 rings (SSSR count). The highest BCUT2D eigenvalue weighted by Gasteiger charge is 2.29. The number of nitrogens with one attached hydrogen (secondary N) is 2. The van der Waals surface area contributed by atoms with Gasteiger partial charge >= 0.3 is 0 Å². The van der Waals surface area contributed by atoms with E-state index >= 15 is 0 Å². The minimum Gasteiger partial charge on any atom is -0.494 e. The second kappa shape index (κ2) is 39.4. The molecule has 110 heavy (non-hydrogen) atoms. The lowest BCUT2D eigenvalue weighted by Crippen LogP contribution is -2.15. The van der Waals surface area contributed by atoms with Crippen LogP contribution in [0.15, 0.2) is 304 Å². The molecule has 4 aromatic carbocycles. The Balaban J connectivity index is 0.734. The molecule has 8 bridgehead atoms. The number of hydrogen-bond acceptors (Lipinski definition) is 14. The third-order valence-electron chi connectivity index (χ3n) is 20.3. The van der Waals surface area contributed by atoms with Gasteiger partial charge in [0.2, 0.25) is 0 Å². The Bertz CT molecular complexity index is 4710. The molecule has 7 aliphatic rings. The summed E-state index contributed by atoms with van der Waals surface area (Å²) in [5.41, 5.74) is 19.4. The van der Waals surface area contributed by atoms with E-state index < -0.39 is 0 Å². The standard InChI is InChI=1S/C94H98N12O4/c1-2-57-105-59-47-70(48-60-105)71-49-61-106(62-50-71)58-15-19-66-110-82-37-29-75(30-38-82)94-89-45-43-87(103-89)92(73-25-33-80(34-26-73)108-64-17-10-4-7-13-21-77-68-96-52-55-99-77)85-41-39-83(101-85)91(72-23-31-79(32-24-72)107-63-16-9-3-6-12-20-76-67-95-51-54-98-76)84-40-42-86(102-84)93(88-44-46-90(94)104-88)74-27-35-81(36-28-74)109-65-18-11-5-8-14-22-78-69-97-53-56-100-78/h23-56,59-62,67-69H,2-22,57-58,63-66H2,1H3/p+2. The molecule has 0 spiro atoms. The van der Waals surface area contributed by atoms with Gasteiger partial charge in [0.05, 0.1) is 90.2 Å². The van der Waals surface area contributed by atoms with E-state index in [1.54, 1.807) is 12.4 Å². The molecule has 0 radical (unpaired) electrons. The van der Waals surface area contributed by atoms with Crippen molar-refractivity contribution in [2.75, 3.05) is 39.5 Å². The van der Waals surface area contributed by atoms with Gasteiger partial charge in [-0.05, 0) is 232 Å². The molecule has 0 aliphatic carbocycles. The summed E-state index contributed by atoms with van der Waals surface area (Å²) in [7, 11) is 0. The maximum absolute atomic E-state index is 6.47. The Morgan fingerprint density at radius 1 is 0.309 bits per heavy atom. The van der Waals surface area contributed by atoms with Crippen LogP contribution >= 0.6 is 0 Å². The van der Waals surface area contributed by atoms with Gasteiger partial charge < -0.3 is 28.7 Å². The molecular formula is C94H100N12O4+2. The van der Waals surface area contributed by atoms with Crippen molar-refractivity contribution in [1.82, 2.24) is 29.7 Å². The number of rotatable bonds is 39. The fourth-order valence-corrected chi connectivity index (χ4v) is 14.4. The molecule has 558 valence electrons. The Hall–Kier alpha value is -11.8. The molecule has 7 aromatic rings. The van der Waals surface area contributed by atoms with Crippen LogP contribution in [0.4, 0.5) is 0 Å². The number of aromatic nitrogens is 6. The van der Waals surface area contributed by atoms with E-state index in [1.807, 2.05) is 43.4 Å². The summed E-state index contributed by atoms with van der Waals surface area (Å²) in [5, 5.41) is 0. The van der Waals surface area contributed by atoms with Crippen molar-refractivity contribution in [3.05, 3.63) is 324 Å². The topological polar surface area (TPSA) is 173 Å². The number of benzene rings is 4. The first-order valence-electron chi connectivity index (χ1n) is 39.8. The molecular weight excluding hydrogens is 1360 g/mol. The molecule has 2 N–H and O–H groups in total. The molecule has 0 amide bonds. The molecule has 3 aromatic heterocycles.